The topological polar surface area (TPSA) is 131 Å². The van der Waals surface area contributed by atoms with E-state index < -0.39 is 28.1 Å². The van der Waals surface area contributed by atoms with Gasteiger partial charge in [-0.2, -0.15) is 0 Å². The molecule has 0 spiro atoms. The Kier molecular flexibility index (Phi) is 5.26. The molecule has 2 N–H and O–H groups in total. The molecule has 5 rings (SSSR count). The molecule has 2 aromatic carbocycles. The molecular weight excluding hydrogens is 490 g/mol. The van der Waals surface area contributed by atoms with Gasteiger partial charge in [0, 0.05) is 51.4 Å². The van der Waals surface area contributed by atoms with E-state index in [9.17, 15) is 24.5 Å². The van der Waals surface area contributed by atoms with Gasteiger partial charge in [-0.15, -0.1) is 11.8 Å². The number of halogens is 1. The van der Waals surface area contributed by atoms with Gasteiger partial charge in [0.25, 0.3) is 5.69 Å². The van der Waals surface area contributed by atoms with Crippen LogP contribution in [0.1, 0.15) is 22.8 Å². The molecule has 33 heavy (non-hydrogen) atoms. The predicted octanol–water partition coefficient (Wildman–Crippen LogP) is 4.17. The number of nitrogens with zero attached hydrogens (tertiary/aromatic N) is 1. The summed E-state index contributed by atoms with van der Waals surface area (Å²) in [6.45, 7) is 0. The number of carbonyl (C=O) groups excluding carboxylic acids is 2. The number of aromatic amines is 1. The molecule has 12 heteroatoms. The van der Waals surface area contributed by atoms with Crippen molar-refractivity contribution in [2.75, 3.05) is 11.1 Å². The van der Waals surface area contributed by atoms with Gasteiger partial charge in [-0.1, -0.05) is 22.9 Å². The van der Waals surface area contributed by atoms with Crippen LogP contribution in [0.3, 0.4) is 0 Å². The first-order chi connectivity index (χ1) is 15.8. The minimum Gasteiger partial charge on any atom is -0.426 e. The Balaban J connectivity index is 1.60. The van der Waals surface area contributed by atoms with Crippen molar-refractivity contribution >= 4 is 58.0 Å². The summed E-state index contributed by atoms with van der Waals surface area (Å²) in [5.74, 6) is -1.45. The van der Waals surface area contributed by atoms with Gasteiger partial charge in [-0.3, -0.25) is 24.5 Å². The number of esters is 1. The number of aromatic nitrogens is 1. The summed E-state index contributed by atoms with van der Waals surface area (Å²) in [4.78, 5) is 52.4. The second kappa shape index (κ2) is 8.01. The minimum absolute atomic E-state index is 0.159. The molecule has 0 aliphatic carbocycles. The number of ether oxygens (including phenoxy) is 1. The van der Waals surface area contributed by atoms with Crippen LogP contribution in [0.5, 0.6) is 5.75 Å². The molecule has 2 aliphatic heterocycles. The third kappa shape index (κ3) is 3.71. The lowest BCUT2D eigenvalue weighted by molar-refractivity contribution is -0.385. The average molecular weight is 504 g/mol. The molecular formula is C21H14ClN3O6S2. The number of nitrogens with one attached hydrogen (secondary N) is 2. The number of anilines is 1. The van der Waals surface area contributed by atoms with Crippen LogP contribution in [0, 0.1) is 15.5 Å². The monoisotopic (exact) mass is 503 g/mol. The van der Waals surface area contributed by atoms with Crippen molar-refractivity contribution in [3.05, 3.63) is 77.7 Å². The zero-order valence-corrected chi connectivity index (χ0v) is 19.0. The molecule has 3 heterocycles. The SMILES string of the molecule is O=C(C[C@@]12CSc3[nH]c(=O)sc3[C@@H]1c1cc([N+](=O)[O-])ccc1OC2=O)Nc1ccc(Cl)cc1. The highest BCUT2D eigenvalue weighted by molar-refractivity contribution is 7.99. The summed E-state index contributed by atoms with van der Waals surface area (Å²) in [5.41, 5.74) is -0.608. The smallest absolute Gasteiger partial charge is 0.319 e. The predicted molar refractivity (Wildman–Crippen MR) is 123 cm³/mol. The first-order valence-electron chi connectivity index (χ1n) is 9.69. The normalized spacial score (nSPS) is 20.8. The van der Waals surface area contributed by atoms with E-state index in [4.69, 9.17) is 16.3 Å². The zero-order valence-electron chi connectivity index (χ0n) is 16.6. The Morgan fingerprint density at radius 1 is 1.27 bits per heavy atom. The van der Waals surface area contributed by atoms with E-state index in [2.05, 4.69) is 10.3 Å². The second-order valence-electron chi connectivity index (χ2n) is 7.69. The van der Waals surface area contributed by atoms with Gasteiger partial charge in [-0.25, -0.2) is 0 Å². The quantitative estimate of drug-likeness (QED) is 0.236. The van der Waals surface area contributed by atoms with E-state index in [0.717, 1.165) is 11.3 Å². The number of hydrogen-bond donors (Lipinski definition) is 2. The number of H-pyrrole nitrogens is 1. The van der Waals surface area contributed by atoms with Crippen molar-refractivity contribution in [2.24, 2.45) is 5.41 Å². The number of non-ortho nitro benzene ring substituents is 1. The van der Waals surface area contributed by atoms with Crippen LogP contribution in [-0.2, 0) is 9.59 Å². The summed E-state index contributed by atoms with van der Waals surface area (Å²) in [7, 11) is 0. The number of fused-ring (bicyclic) bond motifs is 5. The summed E-state index contributed by atoms with van der Waals surface area (Å²) < 4.78 is 5.57. The van der Waals surface area contributed by atoms with Crippen molar-refractivity contribution in [1.29, 1.82) is 0 Å². The fraction of sp³-hybridized carbons (Fsp3) is 0.190. The number of amides is 1. The fourth-order valence-corrected chi connectivity index (χ4v) is 6.87. The molecule has 0 saturated heterocycles. The van der Waals surface area contributed by atoms with Crippen LogP contribution in [0.2, 0.25) is 5.02 Å². The highest BCUT2D eigenvalue weighted by Crippen LogP contribution is 2.58. The van der Waals surface area contributed by atoms with Crippen molar-refractivity contribution < 1.29 is 19.2 Å². The molecule has 2 atom stereocenters. The standard InChI is InChI=1S/C21H14ClN3O6S2/c22-10-1-3-11(4-2-10)23-15(26)8-21-9-32-18-17(33-20(28)24-18)16(21)13-7-12(25(29)30)5-6-14(13)31-19(21)27/h1-7,16H,8-9H2,(H,23,26)(H,24,28)/t16-,21+/m0/s1. The Bertz CT molecular complexity index is 1370. The summed E-state index contributed by atoms with van der Waals surface area (Å²) >= 11 is 8.08. The molecule has 3 aromatic rings. The van der Waals surface area contributed by atoms with E-state index in [0.29, 0.717) is 26.2 Å². The first-order valence-corrected chi connectivity index (χ1v) is 11.9. The number of hydrogen-bond acceptors (Lipinski definition) is 8. The lowest BCUT2D eigenvalue weighted by atomic mass is 9.68. The van der Waals surface area contributed by atoms with Crippen LogP contribution < -0.4 is 14.9 Å². The van der Waals surface area contributed by atoms with Gasteiger partial charge in [0.15, 0.2) is 0 Å². The van der Waals surface area contributed by atoms with E-state index in [1.165, 1.54) is 30.0 Å². The Morgan fingerprint density at radius 2 is 2.03 bits per heavy atom. The molecule has 1 aromatic heterocycles. The maximum Gasteiger partial charge on any atom is 0.319 e. The Hall–Kier alpha value is -3.15. The fourth-order valence-electron chi connectivity index (χ4n) is 4.19. The van der Waals surface area contributed by atoms with Crippen molar-refractivity contribution in [3.63, 3.8) is 0 Å². The highest BCUT2D eigenvalue weighted by Gasteiger charge is 2.57. The van der Waals surface area contributed by atoms with Gasteiger partial charge in [0.05, 0.1) is 15.4 Å². The minimum atomic E-state index is -1.35. The summed E-state index contributed by atoms with van der Waals surface area (Å²) in [6, 6.07) is 10.5. The van der Waals surface area contributed by atoms with E-state index in [1.807, 2.05) is 0 Å². The maximum atomic E-state index is 13.3. The number of nitro groups is 1. The third-order valence-corrected chi connectivity index (χ3v) is 8.26. The van der Waals surface area contributed by atoms with Crippen LogP contribution in [0.15, 0.2) is 52.3 Å². The van der Waals surface area contributed by atoms with Gasteiger partial charge in [0.2, 0.25) is 5.91 Å². The maximum absolute atomic E-state index is 13.3. The number of thioether (sulfide) groups is 1. The van der Waals surface area contributed by atoms with Gasteiger partial charge >= 0.3 is 10.8 Å². The lowest BCUT2D eigenvalue weighted by Crippen LogP contribution is -2.49. The van der Waals surface area contributed by atoms with Crippen LogP contribution in [0.25, 0.3) is 0 Å². The second-order valence-corrected chi connectivity index (χ2v) is 10.1. The summed E-state index contributed by atoms with van der Waals surface area (Å²) in [5, 5.41) is 15.3. The van der Waals surface area contributed by atoms with Crippen molar-refractivity contribution in [2.45, 2.75) is 17.4 Å². The number of nitro benzene ring substituents is 1. The average Bonchev–Trinajstić information content (AvgIpc) is 3.15. The Labute approximate surface area is 199 Å². The largest absolute Gasteiger partial charge is 0.426 e. The Morgan fingerprint density at radius 3 is 2.76 bits per heavy atom. The number of rotatable bonds is 4. The molecule has 0 saturated carbocycles. The molecule has 0 unspecified atom stereocenters. The van der Waals surface area contributed by atoms with E-state index in [-0.39, 0.29) is 28.5 Å². The van der Waals surface area contributed by atoms with Crippen molar-refractivity contribution in [1.82, 2.24) is 4.98 Å². The van der Waals surface area contributed by atoms with E-state index >= 15 is 0 Å². The number of benzene rings is 2. The molecule has 168 valence electrons. The van der Waals surface area contributed by atoms with Crippen LogP contribution in [0.4, 0.5) is 11.4 Å². The number of carbonyl (C=O) groups is 2. The molecule has 1 amide bonds. The molecule has 2 aliphatic rings. The lowest BCUT2D eigenvalue weighted by Gasteiger charge is -2.44. The van der Waals surface area contributed by atoms with Crippen LogP contribution >= 0.6 is 34.7 Å². The van der Waals surface area contributed by atoms with E-state index in [1.54, 1.807) is 24.3 Å². The first kappa shape index (κ1) is 21.7. The highest BCUT2D eigenvalue weighted by atomic mass is 35.5. The molecule has 0 fully saturated rings. The zero-order chi connectivity index (χ0) is 23.3. The van der Waals surface area contributed by atoms with Gasteiger partial charge in [0.1, 0.15) is 5.75 Å². The molecule has 0 radical (unpaired) electrons. The van der Waals surface area contributed by atoms with Gasteiger partial charge in [-0.05, 0) is 30.3 Å². The third-order valence-electron chi connectivity index (χ3n) is 5.66. The number of thiazole rings is 1. The molecule has 0 bridgehead atoms. The molecule has 9 nitrogen and oxygen atoms in total. The summed E-state index contributed by atoms with van der Waals surface area (Å²) in [6.07, 6.45) is -0.236. The van der Waals surface area contributed by atoms with Gasteiger partial charge < -0.3 is 15.0 Å². The van der Waals surface area contributed by atoms with Crippen molar-refractivity contribution in [3.8, 4) is 5.75 Å². The van der Waals surface area contributed by atoms with Crippen LogP contribution in [-0.4, -0.2) is 27.5 Å².